The Bertz CT molecular complexity index is 344. The lowest BCUT2D eigenvalue weighted by Crippen LogP contribution is -1.96. The second-order valence-electron chi connectivity index (χ2n) is 3.84. The van der Waals surface area contributed by atoms with E-state index in [0.29, 0.717) is 18.6 Å². The van der Waals surface area contributed by atoms with Crippen LogP contribution in [0.3, 0.4) is 0 Å². The molecule has 0 amide bonds. The van der Waals surface area contributed by atoms with Crippen LogP contribution in [0.5, 0.6) is 0 Å². The monoisotopic (exact) mass is 224 g/mol. The van der Waals surface area contributed by atoms with E-state index in [0.717, 1.165) is 23.4 Å². The van der Waals surface area contributed by atoms with Crippen molar-refractivity contribution < 1.29 is 4.79 Å². The van der Waals surface area contributed by atoms with Crippen LogP contribution in [0.4, 0.5) is 0 Å². The molecule has 0 aliphatic rings. The van der Waals surface area contributed by atoms with Gasteiger partial charge in [0.1, 0.15) is 5.78 Å². The maximum Gasteiger partial charge on any atom is 0.132 e. The molecular weight excluding hydrogens is 208 g/mol. The molecule has 0 aromatic heterocycles. The van der Waals surface area contributed by atoms with Crippen LogP contribution in [0, 0.1) is 6.92 Å². The molecule has 0 aliphatic carbocycles. The van der Waals surface area contributed by atoms with Gasteiger partial charge in [0.05, 0.1) is 0 Å². The molecule has 0 fully saturated rings. The molecule has 0 N–H and O–H groups in total. The molecule has 0 saturated heterocycles. The molecule has 82 valence electrons. The van der Waals surface area contributed by atoms with Crippen LogP contribution in [0.1, 0.15) is 37.3 Å². The molecule has 1 nitrogen and oxygen atoms in total. The summed E-state index contributed by atoms with van der Waals surface area (Å²) in [5.74, 6) is 0.332. The average molecular weight is 225 g/mol. The Labute approximate surface area is 96.5 Å². The zero-order valence-corrected chi connectivity index (χ0v) is 10.1. The zero-order valence-electron chi connectivity index (χ0n) is 9.35. The molecule has 15 heavy (non-hydrogen) atoms. The van der Waals surface area contributed by atoms with Gasteiger partial charge in [0.2, 0.25) is 0 Å². The lowest BCUT2D eigenvalue weighted by atomic mass is 10.0. The molecule has 1 aromatic carbocycles. The van der Waals surface area contributed by atoms with Gasteiger partial charge in [-0.3, -0.25) is 4.79 Å². The number of Topliss-reactive ketones (excluding diaryl/α,β-unsaturated/α-hetero) is 1. The number of ketones is 1. The standard InChI is InChI=1S/C13H17ClO/c1-3-12(15)6-4-5-11-8-7-10(2)9-13(11)14/h7-9H,3-6H2,1-2H3. The fourth-order valence-electron chi connectivity index (χ4n) is 1.51. The second-order valence-corrected chi connectivity index (χ2v) is 4.25. The molecule has 0 spiro atoms. The topological polar surface area (TPSA) is 17.1 Å². The first-order valence-electron chi connectivity index (χ1n) is 5.40. The fraction of sp³-hybridized carbons (Fsp3) is 0.462. The van der Waals surface area contributed by atoms with E-state index in [4.69, 9.17) is 11.6 Å². The fourth-order valence-corrected chi connectivity index (χ4v) is 1.84. The van der Waals surface area contributed by atoms with Gasteiger partial charge in [-0.05, 0) is 37.0 Å². The van der Waals surface area contributed by atoms with E-state index in [1.54, 1.807) is 0 Å². The Kier molecular flexibility index (Phi) is 4.83. The smallest absolute Gasteiger partial charge is 0.132 e. The quantitative estimate of drug-likeness (QED) is 0.740. The van der Waals surface area contributed by atoms with Crippen LogP contribution in [0.15, 0.2) is 18.2 Å². The third-order valence-electron chi connectivity index (χ3n) is 2.50. The minimum Gasteiger partial charge on any atom is -0.300 e. The van der Waals surface area contributed by atoms with Crippen molar-refractivity contribution in [2.75, 3.05) is 0 Å². The van der Waals surface area contributed by atoms with Crippen molar-refractivity contribution in [3.63, 3.8) is 0 Å². The van der Waals surface area contributed by atoms with E-state index >= 15 is 0 Å². The van der Waals surface area contributed by atoms with E-state index in [9.17, 15) is 4.79 Å². The number of hydrogen-bond donors (Lipinski definition) is 0. The van der Waals surface area contributed by atoms with Gasteiger partial charge >= 0.3 is 0 Å². The molecule has 0 unspecified atom stereocenters. The predicted octanol–water partition coefficient (Wildman–Crippen LogP) is 3.95. The Morgan fingerprint density at radius 2 is 2.13 bits per heavy atom. The molecule has 1 rings (SSSR count). The maximum atomic E-state index is 11.1. The van der Waals surface area contributed by atoms with Gasteiger partial charge in [-0.15, -0.1) is 0 Å². The third-order valence-corrected chi connectivity index (χ3v) is 2.86. The molecule has 0 saturated carbocycles. The van der Waals surface area contributed by atoms with Gasteiger partial charge < -0.3 is 0 Å². The lowest BCUT2D eigenvalue weighted by molar-refractivity contribution is -0.118. The molecule has 0 heterocycles. The molecule has 0 radical (unpaired) electrons. The van der Waals surface area contributed by atoms with Gasteiger partial charge in [-0.25, -0.2) is 0 Å². The summed E-state index contributed by atoms with van der Waals surface area (Å²) in [6, 6.07) is 6.08. The van der Waals surface area contributed by atoms with Gasteiger partial charge in [0, 0.05) is 17.9 Å². The number of benzene rings is 1. The minimum atomic E-state index is 0.332. The molecule has 0 bridgehead atoms. The number of halogens is 1. The second kappa shape index (κ2) is 5.92. The molecule has 0 atom stereocenters. The van der Waals surface area contributed by atoms with Crippen LogP contribution < -0.4 is 0 Å². The highest BCUT2D eigenvalue weighted by atomic mass is 35.5. The first kappa shape index (κ1) is 12.3. The summed E-state index contributed by atoms with van der Waals surface area (Å²) in [7, 11) is 0. The Hall–Kier alpha value is -0.820. The summed E-state index contributed by atoms with van der Waals surface area (Å²) in [5, 5.41) is 0.818. The number of rotatable bonds is 5. The highest BCUT2D eigenvalue weighted by Gasteiger charge is 2.02. The Balaban J connectivity index is 2.47. The largest absolute Gasteiger partial charge is 0.300 e. The van der Waals surface area contributed by atoms with Crippen LogP contribution in [0.2, 0.25) is 5.02 Å². The van der Waals surface area contributed by atoms with Gasteiger partial charge in [0.15, 0.2) is 0 Å². The highest BCUT2D eigenvalue weighted by Crippen LogP contribution is 2.19. The van der Waals surface area contributed by atoms with Gasteiger partial charge in [-0.2, -0.15) is 0 Å². The van der Waals surface area contributed by atoms with E-state index in [2.05, 4.69) is 6.07 Å². The molecule has 2 heteroatoms. The number of hydrogen-bond acceptors (Lipinski definition) is 1. The molecule has 1 aromatic rings. The van der Waals surface area contributed by atoms with Crippen molar-refractivity contribution in [3.8, 4) is 0 Å². The maximum absolute atomic E-state index is 11.1. The van der Waals surface area contributed by atoms with Crippen molar-refractivity contribution in [1.29, 1.82) is 0 Å². The van der Waals surface area contributed by atoms with Crippen molar-refractivity contribution in [2.45, 2.75) is 39.5 Å². The van der Waals surface area contributed by atoms with Crippen LogP contribution in [0.25, 0.3) is 0 Å². The van der Waals surface area contributed by atoms with Gasteiger partial charge in [0.25, 0.3) is 0 Å². The highest BCUT2D eigenvalue weighted by molar-refractivity contribution is 6.31. The average Bonchev–Trinajstić information content (AvgIpc) is 2.21. The van der Waals surface area contributed by atoms with E-state index in [1.807, 2.05) is 26.0 Å². The molecular formula is C13H17ClO. The summed E-state index contributed by atoms with van der Waals surface area (Å²) >= 11 is 6.09. The predicted molar refractivity (Wildman–Crippen MR) is 64.4 cm³/mol. The SMILES string of the molecule is CCC(=O)CCCc1ccc(C)cc1Cl. The van der Waals surface area contributed by atoms with Crippen molar-refractivity contribution in [3.05, 3.63) is 34.3 Å². The number of carbonyl (C=O) groups excluding carboxylic acids is 1. The van der Waals surface area contributed by atoms with Crippen LogP contribution >= 0.6 is 11.6 Å². The normalized spacial score (nSPS) is 10.3. The van der Waals surface area contributed by atoms with E-state index in [-0.39, 0.29) is 0 Å². The zero-order chi connectivity index (χ0) is 11.3. The van der Waals surface area contributed by atoms with Crippen LogP contribution in [-0.2, 0) is 11.2 Å². The summed E-state index contributed by atoms with van der Waals surface area (Å²) in [6.45, 7) is 3.93. The first-order chi connectivity index (χ1) is 7.13. The third kappa shape index (κ3) is 4.05. The summed E-state index contributed by atoms with van der Waals surface area (Å²) < 4.78 is 0. The number of aryl methyl sites for hydroxylation is 2. The lowest BCUT2D eigenvalue weighted by Gasteiger charge is -2.04. The molecule has 0 aliphatic heterocycles. The van der Waals surface area contributed by atoms with E-state index in [1.165, 1.54) is 5.56 Å². The summed E-state index contributed by atoms with van der Waals surface area (Å²) in [5.41, 5.74) is 2.32. The van der Waals surface area contributed by atoms with Crippen molar-refractivity contribution in [2.24, 2.45) is 0 Å². The van der Waals surface area contributed by atoms with Gasteiger partial charge in [-0.1, -0.05) is 30.7 Å². The Morgan fingerprint density at radius 3 is 2.73 bits per heavy atom. The first-order valence-corrected chi connectivity index (χ1v) is 5.78. The Morgan fingerprint density at radius 1 is 1.40 bits per heavy atom. The van der Waals surface area contributed by atoms with Crippen molar-refractivity contribution in [1.82, 2.24) is 0 Å². The number of carbonyl (C=O) groups is 1. The van der Waals surface area contributed by atoms with Crippen LogP contribution in [-0.4, -0.2) is 5.78 Å². The van der Waals surface area contributed by atoms with E-state index < -0.39 is 0 Å². The summed E-state index contributed by atoms with van der Waals surface area (Å²) in [6.07, 6.45) is 3.10. The van der Waals surface area contributed by atoms with Crippen molar-refractivity contribution >= 4 is 17.4 Å². The summed E-state index contributed by atoms with van der Waals surface area (Å²) in [4.78, 5) is 11.1. The minimum absolute atomic E-state index is 0.332.